The summed E-state index contributed by atoms with van der Waals surface area (Å²) in [5, 5.41) is 0.629. The maximum Gasteiger partial charge on any atom is 0.196 e. The lowest BCUT2D eigenvalue weighted by atomic mass is 10.3. The molecule has 3 nitrogen and oxygen atoms in total. The van der Waals surface area contributed by atoms with Crippen LogP contribution in [0.5, 0.6) is 0 Å². The summed E-state index contributed by atoms with van der Waals surface area (Å²) in [6, 6.07) is 3.64. The van der Waals surface area contributed by atoms with E-state index in [1.54, 1.807) is 6.07 Å². The molecule has 4 heteroatoms. The molecule has 1 aliphatic rings. The topological polar surface area (TPSA) is 33.5 Å². The van der Waals surface area contributed by atoms with Gasteiger partial charge in [-0.2, -0.15) is 11.8 Å². The van der Waals surface area contributed by atoms with Crippen LogP contribution in [0.25, 0.3) is 0 Å². The lowest BCUT2D eigenvalue weighted by Gasteiger charge is -2.30. The Morgan fingerprint density at radius 3 is 3.00 bits per heavy atom. The fraction of sp³-hybridized carbons (Fsp3) is 0.545. The Bertz CT molecular complexity index is 361. The average Bonchev–Trinajstić information content (AvgIpc) is 2.66. The normalized spacial score (nSPS) is 21.7. The monoisotopic (exact) mass is 225 g/mol. The molecule has 2 rings (SSSR count). The molecule has 0 bridgehead atoms. The number of thioether (sulfide) groups is 1. The van der Waals surface area contributed by atoms with E-state index in [1.165, 1.54) is 6.92 Å². The second-order valence-corrected chi connectivity index (χ2v) is 5.37. The highest BCUT2D eigenvalue weighted by molar-refractivity contribution is 8.00. The Kier molecular flexibility index (Phi) is 3.05. The standard InChI is InChI=1S/C11H15NO2S/c1-8-7-12(5-6-15-8)11-4-3-10(14-11)9(2)13/h3-4,8H,5-7H2,1-2H3. The van der Waals surface area contributed by atoms with E-state index in [-0.39, 0.29) is 5.78 Å². The van der Waals surface area contributed by atoms with Crippen molar-refractivity contribution in [1.29, 1.82) is 0 Å². The lowest BCUT2D eigenvalue weighted by Crippen LogP contribution is -2.36. The van der Waals surface area contributed by atoms with Gasteiger partial charge in [0, 0.05) is 37.1 Å². The fourth-order valence-corrected chi connectivity index (χ4v) is 2.72. The molecule has 1 aromatic rings. The number of nitrogens with zero attached hydrogens (tertiary/aromatic N) is 1. The van der Waals surface area contributed by atoms with E-state index in [2.05, 4.69) is 11.8 Å². The molecule has 1 saturated heterocycles. The van der Waals surface area contributed by atoms with Crippen molar-refractivity contribution >= 4 is 23.4 Å². The number of carbonyl (C=O) groups is 1. The number of hydrogen-bond donors (Lipinski definition) is 0. The molecule has 15 heavy (non-hydrogen) atoms. The van der Waals surface area contributed by atoms with Gasteiger partial charge in [0.2, 0.25) is 0 Å². The zero-order valence-corrected chi connectivity index (χ0v) is 9.84. The summed E-state index contributed by atoms with van der Waals surface area (Å²) in [6.07, 6.45) is 0. The van der Waals surface area contributed by atoms with E-state index < -0.39 is 0 Å². The lowest BCUT2D eigenvalue weighted by molar-refractivity contribution is 0.0988. The van der Waals surface area contributed by atoms with Crippen LogP contribution in [-0.2, 0) is 0 Å². The highest BCUT2D eigenvalue weighted by Gasteiger charge is 2.19. The summed E-state index contributed by atoms with van der Waals surface area (Å²) in [6.45, 7) is 5.73. The smallest absolute Gasteiger partial charge is 0.196 e. The first kappa shape index (κ1) is 10.6. The first-order chi connectivity index (χ1) is 7.16. The third-order valence-electron chi connectivity index (χ3n) is 2.49. The summed E-state index contributed by atoms with van der Waals surface area (Å²) < 4.78 is 5.50. The molecule has 0 spiro atoms. The van der Waals surface area contributed by atoms with Gasteiger partial charge in [0.05, 0.1) is 0 Å². The molecule has 1 atom stereocenters. The van der Waals surface area contributed by atoms with Crippen molar-refractivity contribution in [3.63, 3.8) is 0 Å². The van der Waals surface area contributed by atoms with Crippen molar-refractivity contribution in [2.24, 2.45) is 0 Å². The number of anilines is 1. The summed E-state index contributed by atoms with van der Waals surface area (Å²) in [5.41, 5.74) is 0. The second kappa shape index (κ2) is 4.31. The van der Waals surface area contributed by atoms with Gasteiger partial charge < -0.3 is 9.32 Å². The number of ketones is 1. The number of carbonyl (C=O) groups excluding carboxylic acids is 1. The Labute approximate surface area is 93.8 Å². The van der Waals surface area contributed by atoms with Gasteiger partial charge in [-0.1, -0.05) is 6.92 Å². The molecule has 2 heterocycles. The van der Waals surface area contributed by atoms with E-state index in [0.717, 1.165) is 24.7 Å². The molecule has 0 aromatic carbocycles. The zero-order valence-electron chi connectivity index (χ0n) is 9.03. The predicted octanol–water partition coefficient (Wildman–Crippen LogP) is 2.42. The van der Waals surface area contributed by atoms with Gasteiger partial charge in [-0.25, -0.2) is 0 Å². The summed E-state index contributed by atoms with van der Waals surface area (Å²) in [7, 11) is 0. The number of Topliss-reactive ketones (excluding diaryl/α,β-unsaturated/α-hetero) is 1. The van der Waals surface area contributed by atoms with Crippen molar-refractivity contribution in [3.8, 4) is 0 Å². The molecule has 0 N–H and O–H groups in total. The molecule has 1 aromatic heterocycles. The van der Waals surface area contributed by atoms with Crippen molar-refractivity contribution in [3.05, 3.63) is 17.9 Å². The number of furan rings is 1. The maximum absolute atomic E-state index is 11.1. The van der Waals surface area contributed by atoms with Gasteiger partial charge in [0.25, 0.3) is 0 Å². The first-order valence-electron chi connectivity index (χ1n) is 5.14. The van der Waals surface area contributed by atoms with Crippen LogP contribution in [0.2, 0.25) is 0 Å². The molecule has 0 saturated carbocycles. The SMILES string of the molecule is CC(=O)c1ccc(N2CCSC(C)C2)o1. The van der Waals surface area contributed by atoms with Crippen LogP contribution in [0.3, 0.4) is 0 Å². The first-order valence-corrected chi connectivity index (χ1v) is 6.19. The minimum absolute atomic E-state index is 0.0133. The molecule has 1 unspecified atom stereocenters. The predicted molar refractivity (Wildman–Crippen MR) is 62.8 cm³/mol. The van der Waals surface area contributed by atoms with Crippen molar-refractivity contribution in [2.75, 3.05) is 23.7 Å². The highest BCUT2D eigenvalue weighted by atomic mass is 32.2. The van der Waals surface area contributed by atoms with Gasteiger partial charge in [-0.15, -0.1) is 0 Å². The summed E-state index contributed by atoms with van der Waals surface area (Å²) in [4.78, 5) is 13.3. The molecule has 82 valence electrons. The highest BCUT2D eigenvalue weighted by Crippen LogP contribution is 2.25. The largest absolute Gasteiger partial charge is 0.437 e. The quantitative estimate of drug-likeness (QED) is 0.724. The Balaban J connectivity index is 2.11. The van der Waals surface area contributed by atoms with Crippen LogP contribution in [0.1, 0.15) is 24.4 Å². The zero-order chi connectivity index (χ0) is 10.8. The molecular weight excluding hydrogens is 210 g/mol. The van der Waals surface area contributed by atoms with Gasteiger partial charge in [-0.05, 0) is 6.07 Å². The van der Waals surface area contributed by atoms with E-state index in [0.29, 0.717) is 11.0 Å². The van der Waals surface area contributed by atoms with E-state index in [4.69, 9.17) is 4.42 Å². The average molecular weight is 225 g/mol. The van der Waals surface area contributed by atoms with Crippen LogP contribution in [-0.4, -0.2) is 29.9 Å². The molecule has 0 radical (unpaired) electrons. The minimum Gasteiger partial charge on any atom is -0.437 e. The molecular formula is C11H15NO2S. The third kappa shape index (κ3) is 2.37. The molecule has 1 aliphatic heterocycles. The molecule has 1 fully saturated rings. The van der Waals surface area contributed by atoms with Crippen molar-refractivity contribution in [1.82, 2.24) is 0 Å². The Morgan fingerprint density at radius 1 is 1.60 bits per heavy atom. The number of rotatable bonds is 2. The fourth-order valence-electron chi connectivity index (χ4n) is 1.71. The van der Waals surface area contributed by atoms with Crippen LogP contribution in [0.15, 0.2) is 16.5 Å². The maximum atomic E-state index is 11.1. The van der Waals surface area contributed by atoms with Crippen molar-refractivity contribution in [2.45, 2.75) is 19.1 Å². The summed E-state index contributed by atoms with van der Waals surface area (Å²) >= 11 is 1.98. The molecule has 0 amide bonds. The van der Waals surface area contributed by atoms with Gasteiger partial charge in [0.15, 0.2) is 17.4 Å². The minimum atomic E-state index is -0.0133. The Morgan fingerprint density at radius 2 is 2.40 bits per heavy atom. The second-order valence-electron chi connectivity index (χ2n) is 3.82. The Hall–Kier alpha value is -0.900. The van der Waals surface area contributed by atoms with E-state index >= 15 is 0 Å². The van der Waals surface area contributed by atoms with E-state index in [1.807, 2.05) is 17.8 Å². The van der Waals surface area contributed by atoms with Crippen LogP contribution in [0, 0.1) is 0 Å². The number of hydrogen-bond acceptors (Lipinski definition) is 4. The van der Waals surface area contributed by atoms with Crippen LogP contribution >= 0.6 is 11.8 Å². The van der Waals surface area contributed by atoms with Crippen LogP contribution in [0.4, 0.5) is 5.88 Å². The van der Waals surface area contributed by atoms with Crippen LogP contribution < -0.4 is 4.90 Å². The third-order valence-corrected chi connectivity index (χ3v) is 3.63. The summed E-state index contributed by atoms with van der Waals surface area (Å²) in [5.74, 6) is 2.39. The van der Waals surface area contributed by atoms with Crippen molar-refractivity contribution < 1.29 is 9.21 Å². The van der Waals surface area contributed by atoms with Gasteiger partial charge in [-0.3, -0.25) is 4.79 Å². The van der Waals surface area contributed by atoms with Gasteiger partial charge in [0.1, 0.15) is 0 Å². The van der Waals surface area contributed by atoms with Gasteiger partial charge >= 0.3 is 0 Å². The van der Waals surface area contributed by atoms with E-state index in [9.17, 15) is 4.79 Å². The molecule has 0 aliphatic carbocycles.